The molecule has 1 fully saturated rings. The Bertz CT molecular complexity index is 453. The highest BCUT2D eigenvalue weighted by Crippen LogP contribution is 2.27. The third kappa shape index (κ3) is 3.10. The van der Waals surface area contributed by atoms with Gasteiger partial charge in [-0.25, -0.2) is 8.78 Å². The molecule has 1 saturated heterocycles. The van der Waals surface area contributed by atoms with Crippen molar-refractivity contribution in [3.05, 3.63) is 34.9 Å². The van der Waals surface area contributed by atoms with Crippen LogP contribution in [0.3, 0.4) is 0 Å². The number of hydrogen-bond acceptors (Lipinski definition) is 2. The lowest BCUT2D eigenvalue weighted by Crippen LogP contribution is -2.15. The number of halogens is 2. The second kappa shape index (κ2) is 5.83. The Kier molecular flexibility index (Phi) is 4.38. The van der Waals surface area contributed by atoms with Crippen LogP contribution in [0.4, 0.5) is 8.78 Å². The highest BCUT2D eigenvalue weighted by atomic mass is 32.2. The Labute approximate surface area is 110 Å². The van der Waals surface area contributed by atoms with Gasteiger partial charge in [0.05, 0.1) is 5.56 Å². The van der Waals surface area contributed by atoms with Crippen molar-refractivity contribution in [3.8, 4) is 0 Å². The highest BCUT2D eigenvalue weighted by Gasteiger charge is 2.21. The summed E-state index contributed by atoms with van der Waals surface area (Å²) in [6.45, 7) is 1.54. The number of hydrogen-bond donors (Lipinski definition) is 0. The SMILES string of the molecule is Cc1cc(C(=O)CC2CCSCC2)c(F)cc1F. The molecule has 4 heteroatoms. The molecule has 1 aliphatic heterocycles. The lowest BCUT2D eigenvalue weighted by molar-refractivity contribution is 0.0954. The molecule has 0 radical (unpaired) electrons. The van der Waals surface area contributed by atoms with E-state index < -0.39 is 11.6 Å². The molecular formula is C14H16F2OS. The van der Waals surface area contributed by atoms with Gasteiger partial charge >= 0.3 is 0 Å². The Morgan fingerprint density at radius 3 is 2.61 bits per heavy atom. The average molecular weight is 270 g/mol. The van der Waals surface area contributed by atoms with E-state index in [1.54, 1.807) is 6.92 Å². The van der Waals surface area contributed by atoms with Crippen molar-refractivity contribution in [2.45, 2.75) is 26.2 Å². The summed E-state index contributed by atoms with van der Waals surface area (Å²) in [6, 6.07) is 2.13. The van der Waals surface area contributed by atoms with Gasteiger partial charge in [0.2, 0.25) is 0 Å². The molecule has 1 aromatic carbocycles. The fourth-order valence-corrected chi connectivity index (χ4v) is 3.40. The summed E-state index contributed by atoms with van der Waals surface area (Å²) in [6.07, 6.45) is 2.40. The first-order chi connectivity index (χ1) is 8.58. The summed E-state index contributed by atoms with van der Waals surface area (Å²) in [5.41, 5.74) is 0.353. The van der Waals surface area contributed by atoms with Crippen LogP contribution in [-0.2, 0) is 0 Å². The maximum atomic E-state index is 13.6. The number of carbonyl (C=O) groups excluding carboxylic acids is 1. The summed E-state index contributed by atoms with van der Waals surface area (Å²) in [5, 5.41) is 0. The molecular weight excluding hydrogens is 254 g/mol. The number of carbonyl (C=O) groups is 1. The van der Waals surface area contributed by atoms with E-state index in [1.165, 1.54) is 6.07 Å². The van der Waals surface area contributed by atoms with Gasteiger partial charge in [0.1, 0.15) is 11.6 Å². The number of ketones is 1. The van der Waals surface area contributed by atoms with Crippen LogP contribution in [0, 0.1) is 24.5 Å². The Morgan fingerprint density at radius 1 is 1.28 bits per heavy atom. The first kappa shape index (κ1) is 13.5. The van der Waals surface area contributed by atoms with Crippen molar-refractivity contribution in [1.29, 1.82) is 0 Å². The molecule has 0 atom stereocenters. The van der Waals surface area contributed by atoms with Crippen LogP contribution in [0.5, 0.6) is 0 Å². The summed E-state index contributed by atoms with van der Waals surface area (Å²) < 4.78 is 26.7. The summed E-state index contributed by atoms with van der Waals surface area (Å²) in [7, 11) is 0. The average Bonchev–Trinajstić information content (AvgIpc) is 2.35. The Balaban J connectivity index is 2.10. The molecule has 0 saturated carbocycles. The van der Waals surface area contributed by atoms with E-state index in [1.807, 2.05) is 11.8 Å². The maximum Gasteiger partial charge on any atom is 0.166 e. The maximum absolute atomic E-state index is 13.6. The second-order valence-electron chi connectivity index (χ2n) is 4.76. The molecule has 0 aromatic heterocycles. The summed E-state index contributed by atoms with van der Waals surface area (Å²) >= 11 is 1.89. The molecule has 18 heavy (non-hydrogen) atoms. The Morgan fingerprint density at radius 2 is 1.94 bits per heavy atom. The van der Waals surface area contributed by atoms with Crippen LogP contribution in [-0.4, -0.2) is 17.3 Å². The van der Waals surface area contributed by atoms with Crippen LogP contribution in [0.2, 0.25) is 0 Å². The van der Waals surface area contributed by atoms with Gasteiger partial charge in [-0.1, -0.05) is 0 Å². The van der Waals surface area contributed by atoms with Gasteiger partial charge in [-0.2, -0.15) is 11.8 Å². The van der Waals surface area contributed by atoms with Crippen molar-refractivity contribution >= 4 is 17.5 Å². The van der Waals surface area contributed by atoms with Crippen LogP contribution in [0.15, 0.2) is 12.1 Å². The van der Waals surface area contributed by atoms with Crippen LogP contribution >= 0.6 is 11.8 Å². The fraction of sp³-hybridized carbons (Fsp3) is 0.500. The normalized spacial score (nSPS) is 16.8. The van der Waals surface area contributed by atoms with Gasteiger partial charge in [0, 0.05) is 12.5 Å². The molecule has 1 aromatic rings. The minimum absolute atomic E-state index is 0.0344. The molecule has 98 valence electrons. The number of aryl methyl sites for hydroxylation is 1. The third-order valence-electron chi connectivity index (χ3n) is 3.36. The van der Waals surface area contributed by atoms with Crippen molar-refractivity contribution in [2.24, 2.45) is 5.92 Å². The van der Waals surface area contributed by atoms with E-state index in [2.05, 4.69) is 0 Å². The van der Waals surface area contributed by atoms with Gasteiger partial charge in [0.15, 0.2) is 5.78 Å². The van der Waals surface area contributed by atoms with Gasteiger partial charge < -0.3 is 0 Å². The quantitative estimate of drug-likeness (QED) is 0.772. The molecule has 1 aliphatic rings. The molecule has 1 nitrogen and oxygen atoms in total. The van der Waals surface area contributed by atoms with E-state index in [4.69, 9.17) is 0 Å². The fourth-order valence-electron chi connectivity index (χ4n) is 2.19. The van der Waals surface area contributed by atoms with Gasteiger partial charge in [0.25, 0.3) is 0 Å². The standard InChI is InChI=1S/C14H16F2OS/c1-9-6-11(13(16)8-12(9)15)14(17)7-10-2-4-18-5-3-10/h6,8,10H,2-5,7H2,1H3. The van der Waals surface area contributed by atoms with Crippen molar-refractivity contribution in [3.63, 3.8) is 0 Å². The first-order valence-corrected chi connectivity index (χ1v) is 7.30. The molecule has 0 spiro atoms. The molecule has 0 bridgehead atoms. The molecule has 1 heterocycles. The smallest absolute Gasteiger partial charge is 0.166 e. The molecule has 0 amide bonds. The Hall–Kier alpha value is -0.900. The zero-order chi connectivity index (χ0) is 13.1. The molecule has 0 N–H and O–H groups in total. The zero-order valence-corrected chi connectivity index (χ0v) is 11.2. The number of rotatable bonds is 3. The van der Waals surface area contributed by atoms with Crippen molar-refractivity contribution < 1.29 is 13.6 Å². The lowest BCUT2D eigenvalue weighted by Gasteiger charge is -2.20. The van der Waals surface area contributed by atoms with Crippen LogP contribution < -0.4 is 0 Å². The van der Waals surface area contributed by atoms with Crippen LogP contribution in [0.25, 0.3) is 0 Å². The van der Waals surface area contributed by atoms with Crippen molar-refractivity contribution in [1.82, 2.24) is 0 Å². The predicted octanol–water partition coefficient (Wildman–Crippen LogP) is 3.99. The lowest BCUT2D eigenvalue weighted by atomic mass is 9.93. The minimum Gasteiger partial charge on any atom is -0.294 e. The molecule has 0 unspecified atom stereocenters. The first-order valence-electron chi connectivity index (χ1n) is 6.14. The van der Waals surface area contributed by atoms with Gasteiger partial charge in [-0.15, -0.1) is 0 Å². The van der Waals surface area contributed by atoms with E-state index in [9.17, 15) is 13.6 Å². The summed E-state index contributed by atoms with van der Waals surface area (Å²) in [5.74, 6) is 0.952. The monoisotopic (exact) mass is 270 g/mol. The van der Waals surface area contributed by atoms with E-state index in [0.717, 1.165) is 30.4 Å². The topological polar surface area (TPSA) is 17.1 Å². The molecule has 0 aliphatic carbocycles. The number of Topliss-reactive ketones (excluding diaryl/α,β-unsaturated/α-hetero) is 1. The zero-order valence-electron chi connectivity index (χ0n) is 10.3. The third-order valence-corrected chi connectivity index (χ3v) is 4.41. The van der Waals surface area contributed by atoms with Gasteiger partial charge in [-0.3, -0.25) is 4.79 Å². The number of benzene rings is 1. The van der Waals surface area contributed by atoms with Gasteiger partial charge in [-0.05, 0) is 48.8 Å². The minimum atomic E-state index is -0.742. The summed E-state index contributed by atoms with van der Waals surface area (Å²) in [4.78, 5) is 12.0. The highest BCUT2D eigenvalue weighted by molar-refractivity contribution is 7.99. The largest absolute Gasteiger partial charge is 0.294 e. The van der Waals surface area contributed by atoms with E-state index in [0.29, 0.717) is 17.9 Å². The second-order valence-corrected chi connectivity index (χ2v) is 5.99. The predicted molar refractivity (Wildman–Crippen MR) is 70.1 cm³/mol. The molecule has 2 rings (SSSR count). The van der Waals surface area contributed by atoms with Crippen molar-refractivity contribution in [2.75, 3.05) is 11.5 Å². The van der Waals surface area contributed by atoms with Crippen LogP contribution in [0.1, 0.15) is 35.2 Å². The van der Waals surface area contributed by atoms with E-state index in [-0.39, 0.29) is 11.3 Å². The number of thioether (sulfide) groups is 1. The van der Waals surface area contributed by atoms with E-state index >= 15 is 0 Å².